The summed E-state index contributed by atoms with van der Waals surface area (Å²) >= 11 is 5.56. The van der Waals surface area contributed by atoms with Gasteiger partial charge in [0.15, 0.2) is 5.78 Å². The van der Waals surface area contributed by atoms with Crippen LogP contribution in [0.25, 0.3) is 0 Å². The highest BCUT2D eigenvalue weighted by Gasteiger charge is 2.13. The third-order valence-electron chi connectivity index (χ3n) is 1.54. The highest BCUT2D eigenvalue weighted by Crippen LogP contribution is 2.17. The molecule has 70 valence electrons. The van der Waals surface area contributed by atoms with Crippen LogP contribution in [-0.4, -0.2) is 17.9 Å². The SMILES string of the molecule is COc1cc(Cl)[nH]c(=O)c1C(C)=O. The number of methoxy groups -OCH3 is 1. The van der Waals surface area contributed by atoms with E-state index in [0.29, 0.717) is 0 Å². The molecule has 0 radical (unpaired) electrons. The molecule has 1 aromatic heterocycles. The van der Waals surface area contributed by atoms with Crippen LogP contribution in [0, 0.1) is 0 Å². The van der Waals surface area contributed by atoms with E-state index >= 15 is 0 Å². The zero-order valence-electron chi connectivity index (χ0n) is 7.18. The molecule has 0 unspecified atom stereocenters. The molecule has 0 aliphatic heterocycles. The molecule has 1 N–H and O–H groups in total. The summed E-state index contributed by atoms with van der Waals surface area (Å²) in [4.78, 5) is 24.5. The fourth-order valence-electron chi connectivity index (χ4n) is 1.00. The van der Waals surface area contributed by atoms with Gasteiger partial charge in [-0.05, 0) is 6.92 Å². The Morgan fingerprint density at radius 1 is 1.62 bits per heavy atom. The number of ether oxygens (including phenoxy) is 1. The summed E-state index contributed by atoms with van der Waals surface area (Å²) in [5, 5.41) is 0.145. The summed E-state index contributed by atoms with van der Waals surface area (Å²) in [6.07, 6.45) is 0. The van der Waals surface area contributed by atoms with Gasteiger partial charge < -0.3 is 9.72 Å². The van der Waals surface area contributed by atoms with Crippen molar-refractivity contribution in [1.29, 1.82) is 0 Å². The van der Waals surface area contributed by atoms with Crippen molar-refractivity contribution in [3.8, 4) is 5.75 Å². The first-order valence-corrected chi connectivity index (χ1v) is 3.91. The normalized spacial score (nSPS) is 9.77. The fraction of sp³-hybridized carbons (Fsp3) is 0.250. The second-order valence-electron chi connectivity index (χ2n) is 2.45. The van der Waals surface area contributed by atoms with E-state index in [2.05, 4.69) is 4.98 Å². The number of nitrogens with one attached hydrogen (secondary N) is 1. The van der Waals surface area contributed by atoms with E-state index in [0.717, 1.165) is 0 Å². The maximum absolute atomic E-state index is 11.2. The van der Waals surface area contributed by atoms with E-state index in [9.17, 15) is 9.59 Å². The van der Waals surface area contributed by atoms with Crippen LogP contribution in [0.2, 0.25) is 5.15 Å². The molecular formula is C8H8ClNO3. The molecule has 1 heterocycles. The standard InChI is InChI=1S/C8H8ClNO3/c1-4(11)7-5(13-2)3-6(9)10-8(7)12/h3H,1-2H3,(H,10,12). The summed E-state index contributed by atoms with van der Waals surface area (Å²) in [5.41, 5.74) is -0.538. The van der Waals surface area contributed by atoms with Gasteiger partial charge in [0, 0.05) is 6.07 Å². The molecule has 13 heavy (non-hydrogen) atoms. The number of Topliss-reactive ketones (excluding diaryl/α,β-unsaturated/α-hetero) is 1. The molecule has 0 saturated heterocycles. The first kappa shape index (κ1) is 9.80. The van der Waals surface area contributed by atoms with Crippen molar-refractivity contribution < 1.29 is 9.53 Å². The third kappa shape index (κ3) is 1.89. The van der Waals surface area contributed by atoms with Crippen LogP contribution in [0.4, 0.5) is 0 Å². The fourth-order valence-corrected chi connectivity index (χ4v) is 1.19. The van der Waals surface area contributed by atoms with Crippen LogP contribution in [0.5, 0.6) is 5.75 Å². The van der Waals surface area contributed by atoms with E-state index in [1.165, 1.54) is 20.1 Å². The van der Waals surface area contributed by atoms with Gasteiger partial charge in [0.2, 0.25) is 0 Å². The molecule has 1 aromatic rings. The summed E-state index contributed by atoms with van der Waals surface area (Å²) in [7, 11) is 1.37. The van der Waals surface area contributed by atoms with Crippen molar-refractivity contribution in [2.24, 2.45) is 0 Å². The Labute approximate surface area is 79.5 Å². The number of halogens is 1. The molecule has 0 atom stereocenters. The van der Waals surface area contributed by atoms with Gasteiger partial charge in [0.05, 0.1) is 7.11 Å². The molecule has 0 amide bonds. The lowest BCUT2D eigenvalue weighted by atomic mass is 10.2. The number of aromatic amines is 1. The molecule has 0 bridgehead atoms. The lowest BCUT2D eigenvalue weighted by Gasteiger charge is -2.04. The average molecular weight is 202 g/mol. The molecule has 0 saturated carbocycles. The second kappa shape index (κ2) is 3.62. The number of hydrogen-bond donors (Lipinski definition) is 1. The number of pyridine rings is 1. The second-order valence-corrected chi connectivity index (χ2v) is 2.85. The van der Waals surface area contributed by atoms with Crippen LogP contribution >= 0.6 is 11.6 Å². The Balaban J connectivity index is 3.48. The number of carbonyl (C=O) groups excluding carboxylic acids is 1. The van der Waals surface area contributed by atoms with Crippen molar-refractivity contribution in [2.75, 3.05) is 7.11 Å². The topological polar surface area (TPSA) is 59.2 Å². The quantitative estimate of drug-likeness (QED) is 0.579. The van der Waals surface area contributed by atoms with Gasteiger partial charge in [-0.25, -0.2) is 0 Å². The van der Waals surface area contributed by atoms with Crippen molar-refractivity contribution in [3.63, 3.8) is 0 Å². The average Bonchev–Trinajstić information content (AvgIpc) is 2.01. The molecule has 5 heteroatoms. The van der Waals surface area contributed by atoms with Crippen molar-refractivity contribution in [2.45, 2.75) is 6.92 Å². The number of carbonyl (C=O) groups is 1. The minimum atomic E-state index is -0.531. The Morgan fingerprint density at radius 3 is 2.69 bits per heavy atom. The Hall–Kier alpha value is -1.29. The van der Waals surface area contributed by atoms with Crippen LogP contribution in [0.3, 0.4) is 0 Å². The van der Waals surface area contributed by atoms with Crippen LogP contribution in [-0.2, 0) is 0 Å². The molecule has 0 spiro atoms. The van der Waals surface area contributed by atoms with Gasteiger partial charge in [0.1, 0.15) is 16.5 Å². The van der Waals surface area contributed by atoms with Crippen LogP contribution < -0.4 is 10.3 Å². The molecule has 0 aliphatic rings. The minimum absolute atomic E-state index is 0.00750. The van der Waals surface area contributed by atoms with E-state index in [1.54, 1.807) is 0 Å². The number of H-pyrrole nitrogens is 1. The zero-order chi connectivity index (χ0) is 10.0. The summed E-state index contributed by atoms with van der Waals surface area (Å²) in [5.74, 6) is -0.156. The van der Waals surface area contributed by atoms with Gasteiger partial charge >= 0.3 is 0 Å². The molecule has 0 aromatic carbocycles. The number of ketones is 1. The molecule has 1 rings (SSSR count). The Kier molecular flexibility index (Phi) is 2.72. The lowest BCUT2D eigenvalue weighted by molar-refractivity contribution is 0.101. The van der Waals surface area contributed by atoms with Gasteiger partial charge in [-0.2, -0.15) is 0 Å². The summed E-state index contributed by atoms with van der Waals surface area (Å²) < 4.78 is 4.84. The largest absolute Gasteiger partial charge is 0.496 e. The van der Waals surface area contributed by atoms with Gasteiger partial charge in [-0.15, -0.1) is 0 Å². The summed E-state index contributed by atoms with van der Waals surface area (Å²) in [6.45, 7) is 1.29. The first-order chi connectivity index (χ1) is 6.06. The Bertz CT molecular complexity index is 397. The lowest BCUT2D eigenvalue weighted by Crippen LogP contribution is -2.17. The third-order valence-corrected chi connectivity index (χ3v) is 1.74. The number of aromatic nitrogens is 1. The maximum Gasteiger partial charge on any atom is 0.263 e. The van der Waals surface area contributed by atoms with E-state index < -0.39 is 5.56 Å². The van der Waals surface area contributed by atoms with E-state index in [4.69, 9.17) is 16.3 Å². The van der Waals surface area contributed by atoms with Gasteiger partial charge in [-0.1, -0.05) is 11.6 Å². The maximum atomic E-state index is 11.2. The Morgan fingerprint density at radius 2 is 2.23 bits per heavy atom. The predicted octanol–water partition coefficient (Wildman–Crippen LogP) is 1.24. The molecular weight excluding hydrogens is 194 g/mol. The monoisotopic (exact) mass is 201 g/mol. The van der Waals surface area contributed by atoms with Crippen LogP contribution in [0.15, 0.2) is 10.9 Å². The van der Waals surface area contributed by atoms with E-state index in [-0.39, 0.29) is 22.2 Å². The van der Waals surface area contributed by atoms with Crippen molar-refractivity contribution >= 4 is 17.4 Å². The van der Waals surface area contributed by atoms with E-state index in [1.807, 2.05) is 0 Å². The molecule has 0 fully saturated rings. The van der Waals surface area contributed by atoms with Crippen molar-refractivity contribution in [1.82, 2.24) is 4.98 Å². The highest BCUT2D eigenvalue weighted by atomic mass is 35.5. The minimum Gasteiger partial charge on any atom is -0.496 e. The first-order valence-electron chi connectivity index (χ1n) is 3.54. The summed E-state index contributed by atoms with van der Waals surface area (Å²) in [6, 6.07) is 1.39. The van der Waals surface area contributed by atoms with Crippen LogP contribution in [0.1, 0.15) is 17.3 Å². The number of rotatable bonds is 2. The zero-order valence-corrected chi connectivity index (χ0v) is 7.94. The van der Waals surface area contributed by atoms with Gasteiger partial charge in [-0.3, -0.25) is 9.59 Å². The smallest absolute Gasteiger partial charge is 0.263 e. The predicted molar refractivity (Wildman–Crippen MR) is 48.6 cm³/mol. The van der Waals surface area contributed by atoms with Crippen molar-refractivity contribution in [3.05, 3.63) is 27.1 Å². The number of hydrogen-bond acceptors (Lipinski definition) is 3. The molecule has 4 nitrogen and oxygen atoms in total. The highest BCUT2D eigenvalue weighted by molar-refractivity contribution is 6.29. The van der Waals surface area contributed by atoms with Gasteiger partial charge in [0.25, 0.3) is 5.56 Å². The molecule has 0 aliphatic carbocycles.